The molecule has 0 saturated heterocycles. The SMILES string of the molecule is COC(=O)C(N)CCSCc1ccc(SC)cc1. The van der Waals surface area contributed by atoms with Gasteiger partial charge in [0.1, 0.15) is 6.04 Å². The Kier molecular flexibility index (Phi) is 7.23. The van der Waals surface area contributed by atoms with Crippen molar-refractivity contribution in [1.82, 2.24) is 0 Å². The van der Waals surface area contributed by atoms with E-state index in [0.29, 0.717) is 6.42 Å². The lowest BCUT2D eigenvalue weighted by Crippen LogP contribution is -2.31. The summed E-state index contributed by atoms with van der Waals surface area (Å²) in [5, 5.41) is 0. The topological polar surface area (TPSA) is 52.3 Å². The van der Waals surface area contributed by atoms with Crippen molar-refractivity contribution in [2.75, 3.05) is 19.1 Å². The van der Waals surface area contributed by atoms with Crippen molar-refractivity contribution in [3.05, 3.63) is 29.8 Å². The van der Waals surface area contributed by atoms with E-state index < -0.39 is 6.04 Å². The highest BCUT2D eigenvalue weighted by molar-refractivity contribution is 7.98. The van der Waals surface area contributed by atoms with Gasteiger partial charge in [0.2, 0.25) is 0 Å². The van der Waals surface area contributed by atoms with Crippen LogP contribution in [0.4, 0.5) is 0 Å². The number of hydrogen-bond acceptors (Lipinski definition) is 5. The molecule has 0 saturated carbocycles. The lowest BCUT2D eigenvalue weighted by Gasteiger charge is -2.08. The Balaban J connectivity index is 2.23. The van der Waals surface area contributed by atoms with E-state index in [0.717, 1.165) is 11.5 Å². The molecule has 1 aromatic carbocycles. The molecular weight excluding hydrogens is 266 g/mol. The molecule has 0 bridgehead atoms. The number of carbonyl (C=O) groups is 1. The molecule has 0 heterocycles. The molecule has 1 aromatic rings. The number of carbonyl (C=O) groups excluding carboxylic acids is 1. The van der Waals surface area contributed by atoms with Crippen LogP contribution in [0.1, 0.15) is 12.0 Å². The van der Waals surface area contributed by atoms with E-state index in [1.54, 1.807) is 23.5 Å². The summed E-state index contributed by atoms with van der Waals surface area (Å²) in [6.07, 6.45) is 2.72. The summed E-state index contributed by atoms with van der Waals surface area (Å²) < 4.78 is 4.58. The molecule has 1 atom stereocenters. The van der Waals surface area contributed by atoms with E-state index >= 15 is 0 Å². The van der Waals surface area contributed by atoms with Crippen molar-refractivity contribution in [2.24, 2.45) is 5.73 Å². The molecule has 0 aliphatic carbocycles. The van der Waals surface area contributed by atoms with Gasteiger partial charge < -0.3 is 10.5 Å². The average molecular weight is 285 g/mol. The monoisotopic (exact) mass is 285 g/mol. The third-order valence-electron chi connectivity index (χ3n) is 2.50. The van der Waals surface area contributed by atoms with E-state index in [9.17, 15) is 4.79 Å². The minimum atomic E-state index is -0.499. The zero-order chi connectivity index (χ0) is 13.4. The molecule has 5 heteroatoms. The maximum atomic E-state index is 11.1. The summed E-state index contributed by atoms with van der Waals surface area (Å²) in [5.74, 6) is 1.48. The molecule has 0 aliphatic rings. The lowest BCUT2D eigenvalue weighted by molar-refractivity contribution is -0.142. The second-order valence-electron chi connectivity index (χ2n) is 3.82. The number of rotatable bonds is 7. The predicted octanol–water partition coefficient (Wildman–Crippen LogP) is 2.53. The van der Waals surface area contributed by atoms with Crippen LogP contribution in [0.3, 0.4) is 0 Å². The van der Waals surface area contributed by atoms with Crippen LogP contribution in [0.15, 0.2) is 29.2 Å². The highest BCUT2D eigenvalue weighted by atomic mass is 32.2. The number of nitrogens with two attached hydrogens (primary N) is 1. The lowest BCUT2D eigenvalue weighted by atomic mass is 10.2. The summed E-state index contributed by atoms with van der Waals surface area (Å²) >= 11 is 3.52. The van der Waals surface area contributed by atoms with Crippen molar-refractivity contribution in [3.63, 3.8) is 0 Å². The van der Waals surface area contributed by atoms with Crippen LogP contribution in [-0.4, -0.2) is 31.1 Å². The average Bonchev–Trinajstić information content (AvgIpc) is 2.43. The third-order valence-corrected chi connectivity index (χ3v) is 4.31. The highest BCUT2D eigenvalue weighted by Gasteiger charge is 2.12. The van der Waals surface area contributed by atoms with E-state index in [2.05, 4.69) is 35.3 Å². The Hall–Kier alpha value is -0.650. The smallest absolute Gasteiger partial charge is 0.322 e. The van der Waals surface area contributed by atoms with E-state index in [1.807, 2.05) is 0 Å². The molecule has 0 radical (unpaired) electrons. The van der Waals surface area contributed by atoms with Gasteiger partial charge in [-0.3, -0.25) is 4.79 Å². The molecule has 18 heavy (non-hydrogen) atoms. The fourth-order valence-electron chi connectivity index (χ4n) is 1.39. The molecule has 0 aromatic heterocycles. The first kappa shape index (κ1) is 15.4. The highest BCUT2D eigenvalue weighted by Crippen LogP contribution is 2.18. The van der Waals surface area contributed by atoms with E-state index in [4.69, 9.17) is 5.73 Å². The standard InChI is InChI=1S/C13H19NO2S2/c1-16-13(15)12(14)7-8-18-9-10-3-5-11(17-2)6-4-10/h3-6,12H,7-9,14H2,1-2H3. The maximum Gasteiger partial charge on any atom is 0.322 e. The van der Waals surface area contributed by atoms with E-state index in [-0.39, 0.29) is 5.97 Å². The zero-order valence-corrected chi connectivity index (χ0v) is 12.4. The quantitative estimate of drug-likeness (QED) is 0.474. The van der Waals surface area contributed by atoms with E-state index in [1.165, 1.54) is 17.6 Å². The van der Waals surface area contributed by atoms with Gasteiger partial charge in [-0.25, -0.2) is 0 Å². The minimum absolute atomic E-state index is 0.333. The van der Waals surface area contributed by atoms with Crippen molar-refractivity contribution >= 4 is 29.5 Å². The molecule has 0 fully saturated rings. The fourth-order valence-corrected chi connectivity index (χ4v) is 2.79. The molecule has 3 nitrogen and oxygen atoms in total. The Labute approximate surface area is 117 Å². The van der Waals surface area contributed by atoms with Gasteiger partial charge in [0, 0.05) is 10.6 Å². The third kappa shape index (κ3) is 5.33. The van der Waals surface area contributed by atoms with Crippen molar-refractivity contribution < 1.29 is 9.53 Å². The minimum Gasteiger partial charge on any atom is -0.468 e. The first-order valence-electron chi connectivity index (χ1n) is 5.71. The Bertz CT molecular complexity index is 368. The molecule has 0 aliphatic heterocycles. The first-order valence-corrected chi connectivity index (χ1v) is 8.09. The summed E-state index contributed by atoms with van der Waals surface area (Å²) in [6.45, 7) is 0. The second-order valence-corrected chi connectivity index (χ2v) is 5.80. The van der Waals surface area contributed by atoms with Gasteiger partial charge in [-0.1, -0.05) is 12.1 Å². The molecule has 1 unspecified atom stereocenters. The van der Waals surface area contributed by atoms with Crippen LogP contribution in [0.25, 0.3) is 0 Å². The predicted molar refractivity (Wildman–Crippen MR) is 79.0 cm³/mol. The van der Waals surface area contributed by atoms with Crippen molar-refractivity contribution in [2.45, 2.75) is 23.1 Å². The number of hydrogen-bond donors (Lipinski definition) is 1. The maximum absolute atomic E-state index is 11.1. The van der Waals surface area contributed by atoms with Gasteiger partial charge >= 0.3 is 5.97 Å². The summed E-state index contributed by atoms with van der Waals surface area (Å²) in [4.78, 5) is 12.4. The molecule has 100 valence electrons. The number of thioether (sulfide) groups is 2. The molecule has 0 amide bonds. The van der Waals surface area contributed by atoms with Crippen LogP contribution in [0.5, 0.6) is 0 Å². The van der Waals surface area contributed by atoms with Crippen LogP contribution in [0, 0.1) is 0 Å². The molecular formula is C13H19NO2S2. The number of esters is 1. The van der Waals surface area contributed by atoms with Gasteiger partial charge in [-0.15, -0.1) is 11.8 Å². The summed E-state index contributed by atoms with van der Waals surface area (Å²) in [6, 6.07) is 8.03. The van der Waals surface area contributed by atoms with Gasteiger partial charge in [-0.05, 0) is 36.1 Å². The fraction of sp³-hybridized carbons (Fsp3) is 0.462. The van der Waals surface area contributed by atoms with Crippen molar-refractivity contribution in [1.29, 1.82) is 0 Å². The Morgan fingerprint density at radius 1 is 1.39 bits per heavy atom. The van der Waals surface area contributed by atoms with Crippen LogP contribution in [-0.2, 0) is 15.3 Å². The van der Waals surface area contributed by atoms with Gasteiger partial charge in [0.25, 0.3) is 0 Å². The van der Waals surface area contributed by atoms with Gasteiger partial charge in [0.15, 0.2) is 0 Å². The van der Waals surface area contributed by atoms with Crippen LogP contribution >= 0.6 is 23.5 Å². The molecule has 0 spiro atoms. The largest absolute Gasteiger partial charge is 0.468 e. The first-order chi connectivity index (χ1) is 8.67. The summed E-state index contributed by atoms with van der Waals surface area (Å²) in [7, 11) is 1.36. The number of benzene rings is 1. The Morgan fingerprint density at radius 2 is 2.06 bits per heavy atom. The summed E-state index contributed by atoms with van der Waals surface area (Å²) in [5.41, 5.74) is 6.95. The van der Waals surface area contributed by atoms with Crippen molar-refractivity contribution in [3.8, 4) is 0 Å². The zero-order valence-electron chi connectivity index (χ0n) is 10.7. The second kappa shape index (κ2) is 8.45. The number of methoxy groups -OCH3 is 1. The van der Waals surface area contributed by atoms with Gasteiger partial charge in [-0.2, -0.15) is 11.8 Å². The Morgan fingerprint density at radius 3 is 2.61 bits per heavy atom. The molecule has 2 N–H and O–H groups in total. The van der Waals surface area contributed by atoms with Crippen LogP contribution < -0.4 is 5.73 Å². The normalized spacial score (nSPS) is 12.2. The van der Waals surface area contributed by atoms with Crippen LogP contribution in [0.2, 0.25) is 0 Å². The number of ether oxygens (including phenoxy) is 1. The van der Waals surface area contributed by atoms with Gasteiger partial charge in [0.05, 0.1) is 7.11 Å². The molecule has 1 rings (SSSR count).